The summed E-state index contributed by atoms with van der Waals surface area (Å²) >= 11 is 6.03. The van der Waals surface area contributed by atoms with Crippen LogP contribution < -0.4 is 10.5 Å². The molecular formula is C14H19ClN2O2. The maximum atomic E-state index is 12.2. The van der Waals surface area contributed by atoms with E-state index in [1.807, 2.05) is 0 Å². The van der Waals surface area contributed by atoms with Gasteiger partial charge in [0.15, 0.2) is 5.78 Å². The minimum atomic E-state index is 0.0834. The predicted octanol–water partition coefficient (Wildman–Crippen LogP) is 1.95. The number of piperidine rings is 1. The molecule has 0 unspecified atom stereocenters. The summed E-state index contributed by atoms with van der Waals surface area (Å²) in [4.78, 5) is 14.3. The van der Waals surface area contributed by atoms with Gasteiger partial charge in [-0.3, -0.25) is 9.69 Å². The normalized spacial score (nSPS) is 17.4. The summed E-state index contributed by atoms with van der Waals surface area (Å²) in [6.45, 7) is 2.20. The number of halogens is 1. The lowest BCUT2D eigenvalue weighted by Gasteiger charge is -2.29. The summed E-state index contributed by atoms with van der Waals surface area (Å²) in [5.74, 6) is 0.669. The van der Waals surface area contributed by atoms with Gasteiger partial charge >= 0.3 is 0 Å². The van der Waals surface area contributed by atoms with E-state index in [0.717, 1.165) is 25.9 Å². The average Bonchev–Trinajstić information content (AvgIpc) is 2.41. The fourth-order valence-electron chi connectivity index (χ4n) is 2.25. The zero-order valence-electron chi connectivity index (χ0n) is 11.1. The van der Waals surface area contributed by atoms with E-state index in [4.69, 9.17) is 22.1 Å². The van der Waals surface area contributed by atoms with Crippen molar-refractivity contribution >= 4 is 17.4 Å². The number of carbonyl (C=O) groups excluding carboxylic acids is 1. The van der Waals surface area contributed by atoms with Crippen molar-refractivity contribution < 1.29 is 9.53 Å². The summed E-state index contributed by atoms with van der Waals surface area (Å²) in [7, 11) is 1.56. The van der Waals surface area contributed by atoms with Crippen molar-refractivity contribution in [3.05, 3.63) is 28.8 Å². The second-order valence-electron chi connectivity index (χ2n) is 4.89. The van der Waals surface area contributed by atoms with Gasteiger partial charge in [-0.05, 0) is 31.0 Å². The average molecular weight is 283 g/mol. The van der Waals surface area contributed by atoms with Gasteiger partial charge in [0.1, 0.15) is 5.75 Å². The second kappa shape index (κ2) is 6.37. The maximum Gasteiger partial charge on any atom is 0.176 e. The Kier molecular flexibility index (Phi) is 4.80. The van der Waals surface area contributed by atoms with Gasteiger partial charge in [-0.1, -0.05) is 11.6 Å². The zero-order chi connectivity index (χ0) is 13.8. The lowest BCUT2D eigenvalue weighted by atomic mass is 10.0. The standard InChI is InChI=1S/C14H19ClN2O2/c1-19-14-3-2-10(8-12(14)15)13(18)9-17-6-4-11(16)5-7-17/h2-3,8,11H,4-7,9,16H2,1H3. The molecule has 0 amide bonds. The molecular weight excluding hydrogens is 264 g/mol. The number of Topliss-reactive ketones (excluding diaryl/α,β-unsaturated/α-hetero) is 1. The van der Waals surface area contributed by atoms with Gasteiger partial charge in [0, 0.05) is 24.7 Å². The Bertz CT molecular complexity index is 457. The molecule has 0 saturated carbocycles. The predicted molar refractivity (Wildman–Crippen MR) is 76.0 cm³/mol. The Morgan fingerprint density at radius 2 is 2.16 bits per heavy atom. The molecule has 1 aliphatic heterocycles. The fourth-order valence-corrected chi connectivity index (χ4v) is 2.50. The SMILES string of the molecule is COc1ccc(C(=O)CN2CCC(N)CC2)cc1Cl. The molecule has 1 saturated heterocycles. The third kappa shape index (κ3) is 3.69. The van der Waals surface area contributed by atoms with Crippen molar-refractivity contribution in [1.82, 2.24) is 4.90 Å². The maximum absolute atomic E-state index is 12.2. The van der Waals surface area contributed by atoms with E-state index in [1.54, 1.807) is 25.3 Å². The molecule has 4 nitrogen and oxygen atoms in total. The van der Waals surface area contributed by atoms with Gasteiger partial charge in [0.2, 0.25) is 0 Å². The first-order valence-corrected chi connectivity index (χ1v) is 6.82. The topological polar surface area (TPSA) is 55.6 Å². The van der Waals surface area contributed by atoms with Gasteiger partial charge in [0.05, 0.1) is 18.7 Å². The molecule has 0 radical (unpaired) electrons. The molecule has 0 bridgehead atoms. The van der Waals surface area contributed by atoms with Gasteiger partial charge in [-0.2, -0.15) is 0 Å². The molecule has 1 aromatic carbocycles. The van der Waals surface area contributed by atoms with E-state index in [9.17, 15) is 4.79 Å². The number of hydrogen-bond donors (Lipinski definition) is 1. The van der Waals surface area contributed by atoms with Crippen LogP contribution in [0.25, 0.3) is 0 Å². The molecule has 5 heteroatoms. The Labute approximate surface area is 118 Å². The van der Waals surface area contributed by atoms with Crippen LogP contribution in [0.4, 0.5) is 0 Å². The number of ether oxygens (including phenoxy) is 1. The molecule has 1 aromatic rings. The Morgan fingerprint density at radius 1 is 1.47 bits per heavy atom. The second-order valence-corrected chi connectivity index (χ2v) is 5.29. The summed E-state index contributed by atoms with van der Waals surface area (Å²) in [6, 6.07) is 5.42. The fraction of sp³-hybridized carbons (Fsp3) is 0.500. The Morgan fingerprint density at radius 3 is 2.74 bits per heavy atom. The summed E-state index contributed by atoms with van der Waals surface area (Å²) in [5, 5.41) is 0.467. The largest absolute Gasteiger partial charge is 0.495 e. The van der Waals surface area contributed by atoms with Crippen molar-refractivity contribution in [3.63, 3.8) is 0 Å². The van der Waals surface area contributed by atoms with E-state index in [2.05, 4.69) is 4.90 Å². The molecule has 1 heterocycles. The summed E-state index contributed by atoms with van der Waals surface area (Å²) in [6.07, 6.45) is 1.91. The first-order valence-electron chi connectivity index (χ1n) is 6.45. The number of nitrogens with two attached hydrogens (primary N) is 1. The first kappa shape index (κ1) is 14.3. The van der Waals surface area contributed by atoms with Gasteiger partial charge in [0.25, 0.3) is 0 Å². The third-order valence-corrected chi connectivity index (χ3v) is 3.77. The van der Waals surface area contributed by atoms with Crippen molar-refractivity contribution in [1.29, 1.82) is 0 Å². The Balaban J connectivity index is 1.98. The molecule has 0 atom stereocenters. The van der Waals surface area contributed by atoms with E-state index in [0.29, 0.717) is 22.9 Å². The number of carbonyl (C=O) groups is 1. The highest BCUT2D eigenvalue weighted by atomic mass is 35.5. The van der Waals surface area contributed by atoms with E-state index in [1.165, 1.54) is 0 Å². The number of nitrogens with zero attached hydrogens (tertiary/aromatic N) is 1. The molecule has 1 fully saturated rings. The Hall–Kier alpha value is -1.10. The third-order valence-electron chi connectivity index (χ3n) is 3.47. The molecule has 1 aliphatic rings. The minimum Gasteiger partial charge on any atom is -0.495 e. The minimum absolute atomic E-state index is 0.0834. The van der Waals surface area contributed by atoms with Crippen LogP contribution in [0.5, 0.6) is 5.75 Å². The molecule has 0 aliphatic carbocycles. The van der Waals surface area contributed by atoms with Crippen molar-refractivity contribution in [2.24, 2.45) is 5.73 Å². The van der Waals surface area contributed by atoms with Crippen LogP contribution in [0, 0.1) is 0 Å². The summed E-state index contributed by atoms with van der Waals surface area (Å²) in [5.41, 5.74) is 6.47. The lowest BCUT2D eigenvalue weighted by Crippen LogP contribution is -2.41. The number of benzene rings is 1. The van der Waals surface area contributed by atoms with Gasteiger partial charge in [-0.25, -0.2) is 0 Å². The zero-order valence-corrected chi connectivity index (χ0v) is 11.8. The van der Waals surface area contributed by atoms with Crippen molar-refractivity contribution in [2.45, 2.75) is 18.9 Å². The molecule has 104 valence electrons. The highest BCUT2D eigenvalue weighted by Crippen LogP contribution is 2.25. The van der Waals surface area contributed by atoms with Crippen molar-refractivity contribution in [3.8, 4) is 5.75 Å². The first-order chi connectivity index (χ1) is 9.10. The number of likely N-dealkylation sites (tertiary alicyclic amines) is 1. The number of rotatable bonds is 4. The van der Waals surface area contributed by atoms with E-state index in [-0.39, 0.29) is 11.8 Å². The molecule has 0 aromatic heterocycles. The van der Waals surface area contributed by atoms with E-state index < -0.39 is 0 Å². The van der Waals surface area contributed by atoms with E-state index >= 15 is 0 Å². The van der Waals surface area contributed by atoms with Crippen molar-refractivity contribution in [2.75, 3.05) is 26.7 Å². The van der Waals surface area contributed by atoms with Crippen LogP contribution >= 0.6 is 11.6 Å². The summed E-state index contributed by atoms with van der Waals surface area (Å²) < 4.78 is 5.07. The van der Waals surface area contributed by atoms with Crippen LogP contribution in [0.1, 0.15) is 23.2 Å². The highest BCUT2D eigenvalue weighted by molar-refractivity contribution is 6.32. The molecule has 19 heavy (non-hydrogen) atoms. The lowest BCUT2D eigenvalue weighted by molar-refractivity contribution is 0.0910. The molecule has 2 N–H and O–H groups in total. The number of ketones is 1. The monoisotopic (exact) mass is 282 g/mol. The highest BCUT2D eigenvalue weighted by Gasteiger charge is 2.19. The van der Waals surface area contributed by atoms with Crippen LogP contribution in [0.2, 0.25) is 5.02 Å². The number of hydrogen-bond acceptors (Lipinski definition) is 4. The van der Waals surface area contributed by atoms with Gasteiger partial charge in [-0.15, -0.1) is 0 Å². The molecule has 2 rings (SSSR count). The van der Waals surface area contributed by atoms with Gasteiger partial charge < -0.3 is 10.5 Å². The van der Waals surface area contributed by atoms with Crippen LogP contribution in [0.15, 0.2) is 18.2 Å². The molecule has 0 spiro atoms. The number of methoxy groups -OCH3 is 1. The van der Waals surface area contributed by atoms with Crippen LogP contribution in [-0.4, -0.2) is 43.5 Å². The quantitative estimate of drug-likeness (QED) is 0.858. The van der Waals surface area contributed by atoms with Crippen LogP contribution in [0.3, 0.4) is 0 Å². The van der Waals surface area contributed by atoms with Crippen LogP contribution in [-0.2, 0) is 0 Å². The smallest absolute Gasteiger partial charge is 0.176 e.